The smallest absolute Gasteiger partial charge is 0.254 e. The molecule has 8 aromatic rings. The molecular weight excluding hydrogens is 868 g/mol. The normalized spacial score (nSPS) is 14.8. The van der Waals surface area contributed by atoms with E-state index in [0.29, 0.717) is 81.7 Å². The summed E-state index contributed by atoms with van der Waals surface area (Å²) in [5, 5.41) is 12.0. The Morgan fingerprint density at radius 1 is 0.853 bits per heavy atom. The van der Waals surface area contributed by atoms with Crippen molar-refractivity contribution >= 4 is 45.1 Å². The van der Waals surface area contributed by atoms with Crippen LogP contribution in [0.4, 0.5) is 5.69 Å². The van der Waals surface area contributed by atoms with Gasteiger partial charge in [-0.2, -0.15) is 0 Å². The highest BCUT2D eigenvalue weighted by molar-refractivity contribution is 6.31. The van der Waals surface area contributed by atoms with Crippen molar-refractivity contribution < 1.29 is 14.3 Å². The Hall–Kier alpha value is -6.94. The molecule has 0 aliphatic carbocycles. The number of H-pyrrole nitrogens is 1. The summed E-state index contributed by atoms with van der Waals surface area (Å²) in [7, 11) is 0. The van der Waals surface area contributed by atoms with E-state index in [1.807, 2.05) is 115 Å². The lowest BCUT2D eigenvalue weighted by Crippen LogP contribution is -2.42. The van der Waals surface area contributed by atoms with Gasteiger partial charge in [0.05, 0.1) is 11.4 Å². The first-order chi connectivity index (χ1) is 33.0. The Morgan fingerprint density at radius 2 is 1.59 bits per heavy atom. The summed E-state index contributed by atoms with van der Waals surface area (Å²) in [5.41, 5.74) is 14.1. The van der Waals surface area contributed by atoms with Gasteiger partial charge in [-0.3, -0.25) is 14.4 Å². The molecule has 1 fully saturated rings. The van der Waals surface area contributed by atoms with Gasteiger partial charge in [0.25, 0.3) is 5.91 Å². The van der Waals surface area contributed by atoms with E-state index < -0.39 is 6.04 Å². The Labute approximate surface area is 401 Å². The summed E-state index contributed by atoms with van der Waals surface area (Å²) in [4.78, 5) is 52.3. The standard InChI is InChI=1S/C58H57ClN4O5/c1-37-19-21-42(22-20-37)58(67)63(29-11-27-60)54(57-49(31-39-12-5-3-6-13-39)55(65)47-25-23-44(59)34-52(47)68-57)38(2)30-41-16-10-28-62(36-41)45-24-26-50-48(35-45)56(66)53(43-17-9-18-46(64)33-43)51(61-50)32-40-14-7-4-8-15-40/h3-9,12-15,17-26,33-35,38,41,54,64H,10-11,16,27-32,36,60H2,1-2H3,(H,61,66). The monoisotopic (exact) mass is 924 g/mol. The molecular formula is C58H57ClN4O5. The summed E-state index contributed by atoms with van der Waals surface area (Å²) in [6.45, 7) is 6.45. The predicted octanol–water partition coefficient (Wildman–Crippen LogP) is 11.6. The molecule has 0 spiro atoms. The van der Waals surface area contributed by atoms with Crippen LogP contribution in [0.1, 0.15) is 82.7 Å². The van der Waals surface area contributed by atoms with E-state index in [1.165, 1.54) is 0 Å². The maximum atomic E-state index is 15.0. The molecule has 1 amide bonds. The van der Waals surface area contributed by atoms with Crippen LogP contribution >= 0.6 is 11.6 Å². The van der Waals surface area contributed by atoms with Crippen LogP contribution in [0.15, 0.2) is 160 Å². The molecule has 0 radical (unpaired) electrons. The first-order valence-electron chi connectivity index (χ1n) is 23.7. The molecule has 3 heterocycles. The van der Waals surface area contributed by atoms with Crippen molar-refractivity contribution in [2.75, 3.05) is 31.1 Å². The summed E-state index contributed by atoms with van der Waals surface area (Å²) in [6, 6.07) is 45.0. The van der Waals surface area contributed by atoms with Gasteiger partial charge in [-0.15, -0.1) is 0 Å². The number of anilines is 1. The molecule has 1 aliphatic rings. The average molecular weight is 926 g/mol. The first kappa shape index (κ1) is 46.2. The summed E-state index contributed by atoms with van der Waals surface area (Å²) < 4.78 is 6.93. The number of pyridine rings is 1. The SMILES string of the molecule is Cc1ccc(C(=O)N(CCCN)C(c2oc3cc(Cl)ccc3c(=O)c2Cc2ccccc2)C(C)CC2CCCN(c3ccc4[nH]c(Cc5ccccc5)c(-c5cccc(O)c5)c(=O)c4c3)C2)cc1. The number of hydrogen-bond donors (Lipinski definition) is 3. The second kappa shape index (κ2) is 20.5. The quantitative estimate of drug-likeness (QED) is 0.0932. The highest BCUT2D eigenvalue weighted by Gasteiger charge is 2.37. The fourth-order valence-corrected chi connectivity index (χ4v) is 10.4. The van der Waals surface area contributed by atoms with Crippen molar-refractivity contribution in [3.8, 4) is 16.9 Å². The zero-order chi connectivity index (χ0) is 47.3. The van der Waals surface area contributed by atoms with Crippen molar-refractivity contribution in [2.45, 2.75) is 58.4 Å². The number of phenolic OH excluding ortho intramolecular Hbond substituents is 1. The number of aromatic amines is 1. The third-order valence-electron chi connectivity index (χ3n) is 13.5. The van der Waals surface area contributed by atoms with Crippen molar-refractivity contribution in [2.24, 2.45) is 17.6 Å². The number of fused-ring (bicyclic) bond motifs is 2. The molecule has 4 N–H and O–H groups in total. The van der Waals surface area contributed by atoms with Gasteiger partial charge >= 0.3 is 0 Å². The number of halogens is 1. The topological polar surface area (TPSA) is 133 Å². The van der Waals surface area contributed by atoms with Crippen LogP contribution in [0.5, 0.6) is 5.75 Å². The number of piperidine rings is 1. The fourth-order valence-electron chi connectivity index (χ4n) is 10.2. The molecule has 68 heavy (non-hydrogen) atoms. The molecule has 3 atom stereocenters. The summed E-state index contributed by atoms with van der Waals surface area (Å²) >= 11 is 6.55. The number of amides is 1. The van der Waals surface area contributed by atoms with Crippen molar-refractivity contribution in [3.63, 3.8) is 0 Å². The molecule has 346 valence electrons. The van der Waals surface area contributed by atoms with Gasteiger partial charge in [0.1, 0.15) is 17.1 Å². The van der Waals surface area contributed by atoms with Crippen molar-refractivity contribution in [3.05, 3.63) is 210 Å². The van der Waals surface area contributed by atoms with Crippen LogP contribution in [0.2, 0.25) is 5.02 Å². The van der Waals surface area contributed by atoms with Crippen LogP contribution in [0.25, 0.3) is 33.0 Å². The molecule has 2 aromatic heterocycles. The highest BCUT2D eigenvalue weighted by atomic mass is 35.5. The Bertz CT molecular complexity index is 3190. The van der Waals surface area contributed by atoms with Crippen molar-refractivity contribution in [1.29, 1.82) is 0 Å². The number of hydrogen-bond acceptors (Lipinski definition) is 7. The lowest BCUT2D eigenvalue weighted by Gasteiger charge is -2.40. The minimum atomic E-state index is -0.624. The minimum absolute atomic E-state index is 0.0950. The van der Waals surface area contributed by atoms with E-state index in [0.717, 1.165) is 65.9 Å². The summed E-state index contributed by atoms with van der Waals surface area (Å²) in [5.74, 6) is 0.441. The predicted molar refractivity (Wildman–Crippen MR) is 275 cm³/mol. The van der Waals surface area contributed by atoms with E-state index in [1.54, 1.807) is 36.4 Å². The molecule has 10 heteroatoms. The number of aromatic hydroxyl groups is 1. The number of phenols is 1. The lowest BCUT2D eigenvalue weighted by atomic mass is 9.82. The zero-order valence-corrected chi connectivity index (χ0v) is 39.3. The number of carbonyl (C=O) groups excluding carboxylic acids is 1. The van der Waals surface area contributed by atoms with E-state index in [4.69, 9.17) is 21.8 Å². The van der Waals surface area contributed by atoms with Gasteiger partial charge in [0.2, 0.25) is 0 Å². The highest BCUT2D eigenvalue weighted by Crippen LogP contribution is 2.40. The van der Waals surface area contributed by atoms with Crippen LogP contribution in [-0.2, 0) is 12.8 Å². The molecule has 3 unspecified atom stereocenters. The average Bonchev–Trinajstić information content (AvgIpc) is 3.34. The number of nitrogens with one attached hydrogen (secondary N) is 1. The molecule has 6 aromatic carbocycles. The van der Waals surface area contributed by atoms with Gasteiger partial charge in [-0.25, -0.2) is 0 Å². The number of nitrogens with zero attached hydrogens (tertiary/aromatic N) is 2. The number of carbonyl (C=O) groups is 1. The molecule has 0 saturated carbocycles. The molecule has 9 rings (SSSR count). The molecule has 0 bridgehead atoms. The third kappa shape index (κ3) is 10.0. The van der Waals surface area contributed by atoms with Gasteiger partial charge < -0.3 is 30.0 Å². The number of aryl methyl sites for hydroxylation is 1. The van der Waals surface area contributed by atoms with Crippen LogP contribution < -0.4 is 21.5 Å². The number of aromatic nitrogens is 1. The van der Waals surface area contributed by atoms with Gasteiger partial charge in [0.15, 0.2) is 10.9 Å². The lowest BCUT2D eigenvalue weighted by molar-refractivity contribution is 0.0548. The summed E-state index contributed by atoms with van der Waals surface area (Å²) in [6.07, 6.45) is 4.02. The minimum Gasteiger partial charge on any atom is -0.508 e. The van der Waals surface area contributed by atoms with Gasteiger partial charge in [-0.1, -0.05) is 109 Å². The van der Waals surface area contributed by atoms with Gasteiger partial charge in [0, 0.05) is 82.5 Å². The molecule has 1 aliphatic heterocycles. The number of benzene rings is 6. The van der Waals surface area contributed by atoms with E-state index in [-0.39, 0.29) is 34.4 Å². The van der Waals surface area contributed by atoms with E-state index in [9.17, 15) is 19.5 Å². The second-order valence-corrected chi connectivity index (χ2v) is 18.9. The maximum absolute atomic E-state index is 15.0. The largest absolute Gasteiger partial charge is 0.508 e. The van der Waals surface area contributed by atoms with Crippen LogP contribution in [0.3, 0.4) is 0 Å². The third-order valence-corrected chi connectivity index (χ3v) is 13.8. The van der Waals surface area contributed by atoms with Gasteiger partial charge in [-0.05, 0) is 122 Å². The Balaban J connectivity index is 1.09. The van der Waals surface area contributed by atoms with E-state index >= 15 is 0 Å². The first-order valence-corrected chi connectivity index (χ1v) is 24.1. The Kier molecular flexibility index (Phi) is 13.9. The molecule has 1 saturated heterocycles. The fraction of sp³-hybridized carbons (Fsp3) is 0.259. The zero-order valence-electron chi connectivity index (χ0n) is 38.6. The van der Waals surface area contributed by atoms with Crippen LogP contribution in [0, 0.1) is 18.8 Å². The van der Waals surface area contributed by atoms with E-state index in [2.05, 4.69) is 22.9 Å². The Morgan fingerprint density at radius 3 is 2.31 bits per heavy atom. The van der Waals surface area contributed by atoms with Crippen LogP contribution in [-0.4, -0.2) is 47.1 Å². The second-order valence-electron chi connectivity index (χ2n) is 18.4. The number of rotatable bonds is 15. The maximum Gasteiger partial charge on any atom is 0.254 e. The van der Waals surface area contributed by atoms with Crippen molar-refractivity contribution in [1.82, 2.24) is 9.88 Å². The number of nitrogens with two attached hydrogens (primary N) is 1. The molecule has 9 nitrogen and oxygen atoms in total.